The van der Waals surface area contributed by atoms with Crippen molar-refractivity contribution in [1.29, 1.82) is 0 Å². The molecule has 0 saturated heterocycles. The first-order valence-electron chi connectivity index (χ1n) is 10.4. The number of rotatable bonds is 8. The monoisotopic (exact) mass is 467 g/mol. The average Bonchev–Trinajstić information content (AvgIpc) is 2.80. The van der Waals surface area contributed by atoms with Gasteiger partial charge in [-0.05, 0) is 36.8 Å². The molecule has 0 aromatic heterocycles. The van der Waals surface area contributed by atoms with Crippen LogP contribution in [0.4, 0.5) is 4.79 Å². The van der Waals surface area contributed by atoms with Crippen LogP contribution in [-0.2, 0) is 14.4 Å². The number of ketones is 1. The van der Waals surface area contributed by atoms with Gasteiger partial charge >= 0.3 is 12.0 Å². The molecule has 2 aromatic carbocycles. The Kier molecular flexibility index (Phi) is 7.52. The number of para-hydroxylation sites is 2. The quantitative estimate of drug-likeness (QED) is 0.508. The first-order valence-corrected chi connectivity index (χ1v) is 10.4. The minimum absolute atomic E-state index is 0.411. The molecule has 3 rings (SSSR count). The Morgan fingerprint density at radius 2 is 1.74 bits per heavy atom. The predicted octanol–water partition coefficient (Wildman–Crippen LogP) is 2.62. The molecule has 3 amide bonds. The van der Waals surface area contributed by atoms with Gasteiger partial charge in [-0.3, -0.25) is 14.4 Å². The van der Waals surface area contributed by atoms with Crippen molar-refractivity contribution in [2.75, 3.05) is 14.2 Å². The summed E-state index contributed by atoms with van der Waals surface area (Å²) in [5.74, 6) is -0.723. The molecule has 0 aliphatic carbocycles. The van der Waals surface area contributed by atoms with Crippen LogP contribution in [0.3, 0.4) is 0 Å². The van der Waals surface area contributed by atoms with Crippen LogP contribution in [-0.4, -0.2) is 53.9 Å². The lowest BCUT2D eigenvalue weighted by atomic mass is 10.0. The maximum atomic E-state index is 12.5. The molecule has 178 valence electrons. The fraction of sp³-hybridized carbons (Fsp3) is 0.250. The minimum atomic E-state index is -1.38. The Hall–Kier alpha value is -4.34. The summed E-state index contributed by atoms with van der Waals surface area (Å²) in [6, 6.07) is 10.5. The fourth-order valence-corrected chi connectivity index (χ4v) is 3.36. The van der Waals surface area contributed by atoms with Crippen LogP contribution in [0.15, 0.2) is 60.3 Å². The lowest BCUT2D eigenvalue weighted by Gasteiger charge is -2.28. The zero-order valence-corrected chi connectivity index (χ0v) is 18.9. The number of allylic oxidation sites excluding steroid dienone is 1. The molecule has 3 N–H and O–H groups in total. The van der Waals surface area contributed by atoms with Gasteiger partial charge in [0.2, 0.25) is 0 Å². The van der Waals surface area contributed by atoms with E-state index in [0.717, 1.165) is 0 Å². The molecule has 0 spiro atoms. The van der Waals surface area contributed by atoms with Crippen molar-refractivity contribution in [3.8, 4) is 17.2 Å². The summed E-state index contributed by atoms with van der Waals surface area (Å²) in [5, 5.41) is 14.2. The lowest BCUT2D eigenvalue weighted by molar-refractivity contribution is -0.138. The average molecular weight is 467 g/mol. The summed E-state index contributed by atoms with van der Waals surface area (Å²) in [6.45, 7) is 1.61. The van der Waals surface area contributed by atoms with E-state index < -0.39 is 42.2 Å². The zero-order chi connectivity index (χ0) is 24.8. The Balaban J connectivity index is 1.72. The summed E-state index contributed by atoms with van der Waals surface area (Å²) < 4.78 is 11.1. The lowest BCUT2D eigenvalue weighted by Crippen LogP contribution is -2.56. The van der Waals surface area contributed by atoms with E-state index in [1.54, 1.807) is 49.4 Å². The number of benzene rings is 2. The van der Waals surface area contributed by atoms with E-state index in [0.29, 0.717) is 28.5 Å². The summed E-state index contributed by atoms with van der Waals surface area (Å²) in [4.78, 5) is 49.7. The number of nitrogens with zero attached hydrogens (tertiary/aromatic N) is 1. The Morgan fingerprint density at radius 1 is 1.09 bits per heavy atom. The van der Waals surface area contributed by atoms with Crippen molar-refractivity contribution in [3.63, 3.8) is 0 Å². The van der Waals surface area contributed by atoms with Crippen LogP contribution in [0.2, 0.25) is 0 Å². The fourth-order valence-electron chi connectivity index (χ4n) is 3.36. The Morgan fingerprint density at radius 3 is 2.35 bits per heavy atom. The highest BCUT2D eigenvalue weighted by Gasteiger charge is 2.34. The molecule has 0 bridgehead atoms. The third kappa shape index (κ3) is 5.71. The number of hydrogen-bond donors (Lipinski definition) is 3. The van der Waals surface area contributed by atoms with Gasteiger partial charge in [-0.15, -0.1) is 0 Å². The van der Waals surface area contributed by atoms with Crippen molar-refractivity contribution >= 4 is 23.7 Å². The number of likely N-dealkylation sites (N-methyl/N-ethyl adjacent to an activating group) is 1. The molecule has 0 saturated carbocycles. The standard InChI is InChI=1S/C24H25N3O7/c1-14-12-18(28)22(23(31)27(14)2)26-24(32)25-17(13-21(29)30)15-8-10-16(11-9-15)34-20-7-5-4-6-19(20)33-3/h4-12,17,22H,13H2,1-3H3,(H,29,30)(H2,25,26,32). The van der Waals surface area contributed by atoms with Gasteiger partial charge in [0, 0.05) is 18.8 Å². The first-order chi connectivity index (χ1) is 16.2. The second-order valence-electron chi connectivity index (χ2n) is 7.61. The molecule has 1 aliphatic rings. The molecule has 1 aliphatic heterocycles. The number of urea groups is 1. The van der Waals surface area contributed by atoms with Gasteiger partial charge in [0.05, 0.1) is 19.6 Å². The van der Waals surface area contributed by atoms with Crippen molar-refractivity contribution in [2.45, 2.75) is 25.4 Å². The van der Waals surface area contributed by atoms with Gasteiger partial charge < -0.3 is 30.1 Å². The highest BCUT2D eigenvalue weighted by Crippen LogP contribution is 2.31. The molecule has 34 heavy (non-hydrogen) atoms. The number of carbonyl (C=O) groups excluding carboxylic acids is 3. The normalized spacial score (nSPS) is 16.4. The number of carbonyl (C=O) groups is 4. The van der Waals surface area contributed by atoms with Crippen molar-refractivity contribution < 1.29 is 33.8 Å². The van der Waals surface area contributed by atoms with Gasteiger partial charge in [0.1, 0.15) is 5.75 Å². The molecule has 2 unspecified atom stereocenters. The van der Waals surface area contributed by atoms with Crippen LogP contribution in [0, 0.1) is 0 Å². The highest BCUT2D eigenvalue weighted by molar-refractivity contribution is 6.14. The summed E-state index contributed by atoms with van der Waals surface area (Å²) in [5.41, 5.74) is 0.965. The highest BCUT2D eigenvalue weighted by atomic mass is 16.5. The smallest absolute Gasteiger partial charge is 0.316 e. The molecule has 1 heterocycles. The SMILES string of the molecule is COc1ccccc1Oc1ccc(C(CC(=O)O)NC(=O)NC2C(=O)C=C(C)N(C)C2=O)cc1. The van der Waals surface area contributed by atoms with Crippen molar-refractivity contribution in [3.05, 3.63) is 65.9 Å². The van der Waals surface area contributed by atoms with Gasteiger partial charge in [-0.1, -0.05) is 24.3 Å². The second-order valence-corrected chi connectivity index (χ2v) is 7.61. The maximum Gasteiger partial charge on any atom is 0.316 e. The topological polar surface area (TPSA) is 134 Å². The number of ether oxygens (including phenoxy) is 2. The zero-order valence-electron chi connectivity index (χ0n) is 18.9. The molecule has 2 aromatic rings. The molecular formula is C24H25N3O7. The Labute approximate surface area is 196 Å². The molecule has 10 heteroatoms. The largest absolute Gasteiger partial charge is 0.493 e. The van der Waals surface area contributed by atoms with Crippen molar-refractivity contribution in [1.82, 2.24) is 15.5 Å². The number of carboxylic acids is 1. The summed E-state index contributed by atoms with van der Waals surface area (Å²) in [7, 11) is 3.03. The third-order valence-electron chi connectivity index (χ3n) is 5.28. The van der Waals surface area contributed by atoms with Gasteiger partial charge in [0.15, 0.2) is 23.3 Å². The van der Waals surface area contributed by atoms with E-state index in [9.17, 15) is 24.3 Å². The number of amides is 3. The van der Waals surface area contributed by atoms with E-state index in [-0.39, 0.29) is 0 Å². The third-order valence-corrected chi connectivity index (χ3v) is 5.28. The van der Waals surface area contributed by atoms with Crippen molar-refractivity contribution in [2.24, 2.45) is 0 Å². The van der Waals surface area contributed by atoms with E-state index in [1.165, 1.54) is 25.1 Å². The van der Waals surface area contributed by atoms with E-state index in [1.807, 2.05) is 6.07 Å². The van der Waals surface area contributed by atoms with Gasteiger partial charge in [0.25, 0.3) is 5.91 Å². The van der Waals surface area contributed by atoms with Crippen LogP contribution in [0.1, 0.15) is 24.9 Å². The Bertz CT molecular complexity index is 1130. The molecule has 2 atom stereocenters. The van der Waals surface area contributed by atoms with Crippen LogP contribution >= 0.6 is 0 Å². The molecule has 10 nitrogen and oxygen atoms in total. The number of aliphatic carboxylic acids is 1. The minimum Gasteiger partial charge on any atom is -0.493 e. The number of nitrogens with one attached hydrogen (secondary N) is 2. The number of carboxylic acid groups (broad SMARTS) is 1. The van der Waals surface area contributed by atoms with Gasteiger partial charge in [-0.2, -0.15) is 0 Å². The summed E-state index contributed by atoms with van der Waals surface area (Å²) >= 11 is 0. The van der Waals surface area contributed by atoms with E-state index >= 15 is 0 Å². The van der Waals surface area contributed by atoms with Gasteiger partial charge in [-0.25, -0.2) is 4.79 Å². The second kappa shape index (κ2) is 10.5. The van der Waals surface area contributed by atoms with E-state index in [2.05, 4.69) is 10.6 Å². The molecular weight excluding hydrogens is 442 g/mol. The molecule has 0 fully saturated rings. The first kappa shape index (κ1) is 24.3. The van der Waals surface area contributed by atoms with Crippen LogP contribution < -0.4 is 20.1 Å². The number of hydrogen-bond acceptors (Lipinski definition) is 6. The van der Waals surface area contributed by atoms with Crippen LogP contribution in [0.25, 0.3) is 0 Å². The number of methoxy groups -OCH3 is 1. The van der Waals surface area contributed by atoms with E-state index in [4.69, 9.17) is 9.47 Å². The predicted molar refractivity (Wildman–Crippen MR) is 121 cm³/mol. The maximum absolute atomic E-state index is 12.5. The molecule has 0 radical (unpaired) electrons. The summed E-state index contributed by atoms with van der Waals surface area (Å²) in [6.07, 6.45) is 0.854. The van der Waals surface area contributed by atoms with Crippen LogP contribution in [0.5, 0.6) is 17.2 Å².